The number of carbonyl (C=O) groups excluding carboxylic acids is 2. The fourth-order valence-electron chi connectivity index (χ4n) is 2.61. The molecule has 0 spiro atoms. The first-order chi connectivity index (χ1) is 9.62. The number of nitrogens with one attached hydrogen (secondary N) is 1. The zero-order valence-electron chi connectivity index (χ0n) is 13.3. The standard InChI is InChI=1S/C15H26N2O4/c1-10(2)14(21)17-7-5-6-11(9-17)13(20)16-15(3,4)8-12(18)19/h10-11H,5-9H2,1-4H3,(H,16,20)(H,18,19). The minimum Gasteiger partial charge on any atom is -0.481 e. The van der Waals surface area contributed by atoms with Gasteiger partial charge in [0.1, 0.15) is 0 Å². The Morgan fingerprint density at radius 1 is 1.33 bits per heavy atom. The van der Waals surface area contributed by atoms with E-state index >= 15 is 0 Å². The molecule has 0 aromatic heterocycles. The molecule has 0 aromatic rings. The van der Waals surface area contributed by atoms with E-state index in [1.54, 1.807) is 18.7 Å². The van der Waals surface area contributed by atoms with Crippen LogP contribution in [0.2, 0.25) is 0 Å². The molecule has 6 nitrogen and oxygen atoms in total. The number of aliphatic carboxylic acids is 1. The van der Waals surface area contributed by atoms with Gasteiger partial charge < -0.3 is 15.3 Å². The van der Waals surface area contributed by atoms with Crippen LogP contribution in [0.5, 0.6) is 0 Å². The van der Waals surface area contributed by atoms with Crippen LogP contribution in [0.1, 0.15) is 47.0 Å². The van der Waals surface area contributed by atoms with Gasteiger partial charge in [-0.15, -0.1) is 0 Å². The first-order valence-corrected chi connectivity index (χ1v) is 7.45. The highest BCUT2D eigenvalue weighted by Gasteiger charge is 2.32. The highest BCUT2D eigenvalue weighted by Crippen LogP contribution is 2.20. The average Bonchev–Trinajstić information content (AvgIpc) is 2.35. The lowest BCUT2D eigenvalue weighted by molar-refractivity contribution is -0.139. The number of carboxylic acids is 1. The van der Waals surface area contributed by atoms with E-state index in [0.717, 1.165) is 12.8 Å². The zero-order valence-corrected chi connectivity index (χ0v) is 13.3. The average molecular weight is 298 g/mol. The minimum atomic E-state index is -0.944. The van der Waals surface area contributed by atoms with Crippen LogP contribution < -0.4 is 5.32 Å². The van der Waals surface area contributed by atoms with Crippen molar-refractivity contribution in [3.05, 3.63) is 0 Å². The molecule has 1 fully saturated rings. The van der Waals surface area contributed by atoms with Crippen LogP contribution in [0.15, 0.2) is 0 Å². The molecular weight excluding hydrogens is 272 g/mol. The van der Waals surface area contributed by atoms with E-state index in [-0.39, 0.29) is 30.1 Å². The van der Waals surface area contributed by atoms with Crippen molar-refractivity contribution in [3.8, 4) is 0 Å². The summed E-state index contributed by atoms with van der Waals surface area (Å²) in [6.45, 7) is 8.20. The number of carbonyl (C=O) groups is 3. The van der Waals surface area contributed by atoms with Crippen LogP contribution in [0, 0.1) is 11.8 Å². The Labute approximate surface area is 125 Å². The first kappa shape index (κ1) is 17.5. The molecule has 2 amide bonds. The van der Waals surface area contributed by atoms with Crippen molar-refractivity contribution in [1.29, 1.82) is 0 Å². The van der Waals surface area contributed by atoms with E-state index < -0.39 is 11.5 Å². The number of likely N-dealkylation sites (tertiary alicyclic amines) is 1. The van der Waals surface area contributed by atoms with Gasteiger partial charge in [-0.2, -0.15) is 0 Å². The molecule has 120 valence electrons. The monoisotopic (exact) mass is 298 g/mol. The predicted molar refractivity (Wildman–Crippen MR) is 78.6 cm³/mol. The van der Waals surface area contributed by atoms with Gasteiger partial charge in [-0.05, 0) is 26.7 Å². The smallest absolute Gasteiger partial charge is 0.305 e. The predicted octanol–water partition coefficient (Wildman–Crippen LogP) is 1.25. The van der Waals surface area contributed by atoms with Crippen molar-refractivity contribution < 1.29 is 19.5 Å². The Hall–Kier alpha value is -1.59. The second-order valence-electron chi connectivity index (χ2n) is 6.72. The Bertz CT molecular complexity index is 418. The summed E-state index contributed by atoms with van der Waals surface area (Å²) in [5.41, 5.74) is -0.784. The van der Waals surface area contributed by atoms with Crippen molar-refractivity contribution in [2.24, 2.45) is 11.8 Å². The van der Waals surface area contributed by atoms with Crippen molar-refractivity contribution >= 4 is 17.8 Å². The summed E-state index contributed by atoms with van der Waals surface area (Å²) in [6, 6.07) is 0. The van der Waals surface area contributed by atoms with Crippen molar-refractivity contribution in [1.82, 2.24) is 10.2 Å². The summed E-state index contributed by atoms with van der Waals surface area (Å²) in [5, 5.41) is 11.6. The van der Waals surface area contributed by atoms with E-state index in [1.807, 2.05) is 13.8 Å². The van der Waals surface area contributed by atoms with Gasteiger partial charge in [0.05, 0.1) is 12.3 Å². The van der Waals surface area contributed by atoms with Crippen LogP contribution >= 0.6 is 0 Å². The quantitative estimate of drug-likeness (QED) is 0.799. The lowest BCUT2D eigenvalue weighted by atomic mass is 9.93. The molecule has 0 aliphatic carbocycles. The summed E-state index contributed by atoms with van der Waals surface area (Å²) in [6.07, 6.45) is 1.41. The molecule has 1 unspecified atom stereocenters. The third kappa shape index (κ3) is 5.36. The maximum absolute atomic E-state index is 12.3. The molecule has 0 radical (unpaired) electrons. The number of piperidine rings is 1. The second-order valence-corrected chi connectivity index (χ2v) is 6.72. The van der Waals surface area contributed by atoms with E-state index in [4.69, 9.17) is 5.11 Å². The first-order valence-electron chi connectivity index (χ1n) is 7.45. The van der Waals surface area contributed by atoms with Crippen molar-refractivity contribution in [3.63, 3.8) is 0 Å². The molecule has 0 bridgehead atoms. The van der Waals surface area contributed by atoms with Crippen LogP contribution in [-0.2, 0) is 14.4 Å². The lowest BCUT2D eigenvalue weighted by Gasteiger charge is -2.35. The van der Waals surface area contributed by atoms with Gasteiger partial charge in [-0.1, -0.05) is 13.8 Å². The number of carboxylic acid groups (broad SMARTS) is 1. The number of nitrogens with zero attached hydrogens (tertiary/aromatic N) is 1. The molecule has 1 rings (SSSR count). The van der Waals surface area contributed by atoms with E-state index in [2.05, 4.69) is 5.32 Å². The van der Waals surface area contributed by atoms with E-state index in [0.29, 0.717) is 13.1 Å². The molecule has 2 N–H and O–H groups in total. The van der Waals surface area contributed by atoms with Crippen LogP contribution in [0.4, 0.5) is 0 Å². The number of amides is 2. The lowest BCUT2D eigenvalue weighted by Crippen LogP contribution is -2.52. The summed E-state index contributed by atoms with van der Waals surface area (Å²) < 4.78 is 0. The summed E-state index contributed by atoms with van der Waals surface area (Å²) in [4.78, 5) is 36.8. The number of hydrogen-bond acceptors (Lipinski definition) is 3. The molecule has 1 aliphatic heterocycles. The second kappa shape index (κ2) is 6.91. The summed E-state index contributed by atoms with van der Waals surface area (Å²) >= 11 is 0. The SMILES string of the molecule is CC(C)C(=O)N1CCCC(C(=O)NC(C)(C)CC(=O)O)C1. The van der Waals surface area contributed by atoms with E-state index in [1.165, 1.54) is 0 Å². The number of hydrogen-bond donors (Lipinski definition) is 2. The fraction of sp³-hybridized carbons (Fsp3) is 0.800. The molecule has 0 aromatic carbocycles. The highest BCUT2D eigenvalue weighted by atomic mass is 16.4. The van der Waals surface area contributed by atoms with Crippen LogP contribution in [0.3, 0.4) is 0 Å². The maximum atomic E-state index is 12.3. The molecule has 21 heavy (non-hydrogen) atoms. The normalized spacial score (nSPS) is 19.5. The van der Waals surface area contributed by atoms with Gasteiger partial charge in [0, 0.05) is 24.5 Å². The molecule has 6 heteroatoms. The summed E-state index contributed by atoms with van der Waals surface area (Å²) in [7, 11) is 0. The molecule has 1 heterocycles. The van der Waals surface area contributed by atoms with Crippen molar-refractivity contribution in [2.75, 3.05) is 13.1 Å². The number of rotatable bonds is 5. The largest absolute Gasteiger partial charge is 0.481 e. The molecule has 0 saturated carbocycles. The Kier molecular flexibility index (Phi) is 5.75. The topological polar surface area (TPSA) is 86.7 Å². The third-order valence-corrected chi connectivity index (χ3v) is 3.65. The minimum absolute atomic E-state index is 0.0669. The van der Waals surface area contributed by atoms with Gasteiger partial charge in [0.15, 0.2) is 0 Å². The molecule has 1 atom stereocenters. The van der Waals surface area contributed by atoms with Crippen molar-refractivity contribution in [2.45, 2.75) is 52.5 Å². The van der Waals surface area contributed by atoms with Gasteiger partial charge in [0.2, 0.25) is 11.8 Å². The van der Waals surface area contributed by atoms with Crippen LogP contribution in [-0.4, -0.2) is 46.4 Å². The van der Waals surface area contributed by atoms with E-state index in [9.17, 15) is 14.4 Å². The van der Waals surface area contributed by atoms with Crippen LogP contribution in [0.25, 0.3) is 0 Å². The van der Waals surface area contributed by atoms with Gasteiger partial charge >= 0.3 is 5.97 Å². The molecule has 1 aliphatic rings. The fourth-order valence-corrected chi connectivity index (χ4v) is 2.61. The maximum Gasteiger partial charge on any atom is 0.305 e. The Balaban J connectivity index is 2.62. The highest BCUT2D eigenvalue weighted by molar-refractivity contribution is 5.83. The Morgan fingerprint density at radius 2 is 1.95 bits per heavy atom. The summed E-state index contributed by atoms with van der Waals surface area (Å²) in [5.74, 6) is -1.37. The molecular formula is C15H26N2O4. The molecule has 1 saturated heterocycles. The third-order valence-electron chi connectivity index (χ3n) is 3.65. The van der Waals surface area contributed by atoms with Gasteiger partial charge in [-0.3, -0.25) is 14.4 Å². The van der Waals surface area contributed by atoms with Gasteiger partial charge in [-0.25, -0.2) is 0 Å². The van der Waals surface area contributed by atoms with Gasteiger partial charge in [0.25, 0.3) is 0 Å². The Morgan fingerprint density at radius 3 is 2.48 bits per heavy atom. The zero-order chi connectivity index (χ0) is 16.2.